The first kappa shape index (κ1) is 16.6. The van der Waals surface area contributed by atoms with Crippen molar-refractivity contribution in [3.63, 3.8) is 0 Å². The van der Waals surface area contributed by atoms with Gasteiger partial charge in [0.05, 0.1) is 6.04 Å². The fraction of sp³-hybridized carbons (Fsp3) is 0.533. The van der Waals surface area contributed by atoms with Crippen molar-refractivity contribution in [3.05, 3.63) is 22.4 Å². The maximum atomic E-state index is 11.9. The van der Waals surface area contributed by atoms with Crippen molar-refractivity contribution in [2.45, 2.75) is 25.3 Å². The third-order valence-corrected chi connectivity index (χ3v) is 4.68. The van der Waals surface area contributed by atoms with E-state index >= 15 is 0 Å². The van der Waals surface area contributed by atoms with E-state index in [0.29, 0.717) is 6.54 Å². The van der Waals surface area contributed by atoms with Crippen molar-refractivity contribution in [2.24, 2.45) is 0 Å². The number of amides is 3. The topological polar surface area (TPSA) is 69.7 Å². The van der Waals surface area contributed by atoms with Crippen molar-refractivity contribution in [1.82, 2.24) is 15.1 Å². The standard InChI is InChI=1S/C15H21N3O3S/c1-17(2)11(12-4-3-9-22-12)10-16-13(19)7-8-18-14(20)5-6-15(18)21/h3-4,9,11H,5-8,10H2,1-2H3,(H,16,19). The van der Waals surface area contributed by atoms with Gasteiger partial charge < -0.3 is 10.2 Å². The van der Waals surface area contributed by atoms with Crippen LogP contribution in [0.2, 0.25) is 0 Å². The highest BCUT2D eigenvalue weighted by Gasteiger charge is 2.28. The van der Waals surface area contributed by atoms with Crippen molar-refractivity contribution in [2.75, 3.05) is 27.2 Å². The first-order valence-electron chi connectivity index (χ1n) is 7.28. The molecule has 1 atom stereocenters. The van der Waals surface area contributed by atoms with Gasteiger partial charge in [-0.25, -0.2) is 0 Å². The zero-order valence-electron chi connectivity index (χ0n) is 12.9. The van der Waals surface area contributed by atoms with Crippen LogP contribution < -0.4 is 5.32 Å². The zero-order valence-corrected chi connectivity index (χ0v) is 13.7. The Kier molecular flexibility index (Phi) is 5.68. The summed E-state index contributed by atoms with van der Waals surface area (Å²) in [5.41, 5.74) is 0. The summed E-state index contributed by atoms with van der Waals surface area (Å²) >= 11 is 1.65. The molecule has 1 aliphatic rings. The van der Waals surface area contributed by atoms with Gasteiger partial charge in [0.2, 0.25) is 17.7 Å². The van der Waals surface area contributed by atoms with Crippen molar-refractivity contribution in [1.29, 1.82) is 0 Å². The van der Waals surface area contributed by atoms with Crippen LogP contribution in [-0.2, 0) is 14.4 Å². The molecule has 3 amide bonds. The van der Waals surface area contributed by atoms with Crippen molar-refractivity contribution < 1.29 is 14.4 Å². The Bertz CT molecular complexity index is 526. The van der Waals surface area contributed by atoms with Gasteiger partial charge in [0.15, 0.2) is 0 Å². The van der Waals surface area contributed by atoms with Crippen LogP contribution in [0.5, 0.6) is 0 Å². The molecule has 0 spiro atoms. The number of carbonyl (C=O) groups excluding carboxylic acids is 3. The highest BCUT2D eigenvalue weighted by Crippen LogP contribution is 2.22. The molecule has 0 aliphatic carbocycles. The first-order chi connectivity index (χ1) is 10.5. The number of nitrogens with one attached hydrogen (secondary N) is 1. The molecule has 22 heavy (non-hydrogen) atoms. The Labute approximate surface area is 134 Å². The molecule has 1 fully saturated rings. The molecule has 0 bridgehead atoms. The molecule has 1 aromatic rings. The average Bonchev–Trinajstić information content (AvgIpc) is 3.08. The highest BCUT2D eigenvalue weighted by molar-refractivity contribution is 7.10. The van der Waals surface area contributed by atoms with Crippen LogP contribution in [0.15, 0.2) is 17.5 Å². The quantitative estimate of drug-likeness (QED) is 0.760. The molecule has 0 aromatic carbocycles. The Hall–Kier alpha value is -1.73. The molecule has 1 aromatic heterocycles. The van der Waals surface area contributed by atoms with Gasteiger partial charge in [0.1, 0.15) is 0 Å². The minimum atomic E-state index is -0.178. The average molecular weight is 323 g/mol. The van der Waals surface area contributed by atoms with Crippen LogP contribution in [0, 0.1) is 0 Å². The summed E-state index contributed by atoms with van der Waals surface area (Å²) < 4.78 is 0. The predicted molar refractivity (Wildman–Crippen MR) is 84.3 cm³/mol. The van der Waals surface area contributed by atoms with Gasteiger partial charge in [-0.3, -0.25) is 19.3 Å². The minimum Gasteiger partial charge on any atom is -0.354 e. The van der Waals surface area contributed by atoms with Gasteiger partial charge in [-0.15, -0.1) is 11.3 Å². The first-order valence-corrected chi connectivity index (χ1v) is 8.16. The molecule has 2 heterocycles. The second kappa shape index (κ2) is 7.51. The van der Waals surface area contributed by atoms with E-state index in [1.54, 1.807) is 11.3 Å². The van der Waals surface area contributed by atoms with Gasteiger partial charge in [0.25, 0.3) is 0 Å². The van der Waals surface area contributed by atoms with Gasteiger partial charge in [-0.1, -0.05) is 6.07 Å². The lowest BCUT2D eigenvalue weighted by atomic mass is 10.2. The van der Waals surface area contributed by atoms with Crippen LogP contribution >= 0.6 is 11.3 Å². The molecule has 1 saturated heterocycles. The van der Waals surface area contributed by atoms with Gasteiger partial charge in [0, 0.05) is 37.2 Å². The number of carbonyl (C=O) groups is 3. The normalized spacial score (nSPS) is 16.4. The SMILES string of the molecule is CN(C)C(CNC(=O)CCN1C(=O)CCC1=O)c1cccs1. The van der Waals surface area contributed by atoms with Crippen LogP contribution in [0.4, 0.5) is 0 Å². The summed E-state index contributed by atoms with van der Waals surface area (Å²) in [6.45, 7) is 0.684. The van der Waals surface area contributed by atoms with E-state index in [1.165, 1.54) is 9.78 Å². The van der Waals surface area contributed by atoms with Crippen LogP contribution in [0.1, 0.15) is 30.2 Å². The lowest BCUT2D eigenvalue weighted by Crippen LogP contribution is -2.37. The fourth-order valence-electron chi connectivity index (χ4n) is 2.40. The molecule has 1 unspecified atom stereocenters. The van der Waals surface area contributed by atoms with E-state index in [1.807, 2.05) is 31.6 Å². The third-order valence-electron chi connectivity index (χ3n) is 3.70. The van der Waals surface area contributed by atoms with Crippen LogP contribution in [0.3, 0.4) is 0 Å². The Morgan fingerprint density at radius 1 is 1.36 bits per heavy atom. The number of imide groups is 1. The van der Waals surface area contributed by atoms with Gasteiger partial charge in [-0.2, -0.15) is 0 Å². The number of likely N-dealkylation sites (tertiary alicyclic amines) is 1. The molecule has 0 radical (unpaired) electrons. The summed E-state index contributed by atoms with van der Waals surface area (Å²) in [7, 11) is 3.94. The van der Waals surface area contributed by atoms with Crippen molar-refractivity contribution in [3.8, 4) is 0 Å². The molecule has 2 rings (SSSR count). The van der Waals surface area contributed by atoms with E-state index in [2.05, 4.69) is 10.2 Å². The summed E-state index contributed by atoms with van der Waals surface area (Å²) in [6.07, 6.45) is 0.686. The molecule has 7 heteroatoms. The molecular formula is C15H21N3O3S. The van der Waals surface area contributed by atoms with E-state index in [9.17, 15) is 14.4 Å². The van der Waals surface area contributed by atoms with E-state index in [-0.39, 0.29) is 49.6 Å². The maximum Gasteiger partial charge on any atom is 0.229 e. The third kappa shape index (κ3) is 4.14. The summed E-state index contributed by atoms with van der Waals surface area (Å²) in [4.78, 5) is 39.3. The maximum absolute atomic E-state index is 11.9. The van der Waals surface area contributed by atoms with E-state index in [0.717, 1.165) is 0 Å². The number of thiophene rings is 1. The summed E-state index contributed by atoms with van der Waals surface area (Å²) in [5.74, 6) is -0.499. The summed E-state index contributed by atoms with van der Waals surface area (Å²) in [6, 6.07) is 4.16. The number of rotatable bonds is 7. The van der Waals surface area contributed by atoms with Gasteiger partial charge >= 0.3 is 0 Å². The van der Waals surface area contributed by atoms with E-state index < -0.39 is 0 Å². The monoisotopic (exact) mass is 323 g/mol. The Balaban J connectivity index is 1.79. The largest absolute Gasteiger partial charge is 0.354 e. The number of nitrogens with zero attached hydrogens (tertiary/aromatic N) is 2. The number of hydrogen-bond acceptors (Lipinski definition) is 5. The highest BCUT2D eigenvalue weighted by atomic mass is 32.1. The smallest absolute Gasteiger partial charge is 0.229 e. The molecule has 6 nitrogen and oxygen atoms in total. The molecule has 120 valence electrons. The van der Waals surface area contributed by atoms with Crippen LogP contribution in [0.25, 0.3) is 0 Å². The van der Waals surface area contributed by atoms with E-state index in [4.69, 9.17) is 0 Å². The molecule has 1 N–H and O–H groups in total. The summed E-state index contributed by atoms with van der Waals surface area (Å²) in [5, 5.41) is 4.89. The lowest BCUT2D eigenvalue weighted by Gasteiger charge is -2.23. The van der Waals surface area contributed by atoms with Crippen LogP contribution in [-0.4, -0.2) is 54.7 Å². The lowest BCUT2D eigenvalue weighted by molar-refractivity contribution is -0.138. The predicted octanol–water partition coefficient (Wildman–Crippen LogP) is 1.01. The Morgan fingerprint density at radius 3 is 2.59 bits per heavy atom. The minimum absolute atomic E-state index is 0.124. The Morgan fingerprint density at radius 2 is 2.05 bits per heavy atom. The second-order valence-electron chi connectivity index (χ2n) is 5.49. The molecule has 1 aliphatic heterocycles. The molecular weight excluding hydrogens is 302 g/mol. The number of likely N-dealkylation sites (N-methyl/N-ethyl adjacent to an activating group) is 1. The molecule has 0 saturated carbocycles. The number of hydrogen-bond donors (Lipinski definition) is 1. The van der Waals surface area contributed by atoms with Gasteiger partial charge in [-0.05, 0) is 25.5 Å². The van der Waals surface area contributed by atoms with Crippen molar-refractivity contribution >= 4 is 29.1 Å². The second-order valence-corrected chi connectivity index (χ2v) is 6.47. The fourth-order valence-corrected chi connectivity index (χ4v) is 3.33. The zero-order chi connectivity index (χ0) is 16.1.